The first-order valence-corrected chi connectivity index (χ1v) is 19.9. The number of hydrogen-bond donors (Lipinski definition) is 6. The fourth-order valence-corrected chi connectivity index (χ4v) is 6.58. The number of nitrogens with zero attached hydrogens (tertiary/aromatic N) is 2. The van der Waals surface area contributed by atoms with Crippen molar-refractivity contribution < 1.29 is 52.6 Å². The summed E-state index contributed by atoms with van der Waals surface area (Å²) in [4.78, 5) is 91.2. The maximum absolute atomic E-state index is 13.7. The second kappa shape index (κ2) is 22.9. The van der Waals surface area contributed by atoms with Crippen LogP contribution in [-0.4, -0.2) is 90.2 Å². The Morgan fingerprint density at radius 1 is 0.770 bits per heavy atom. The number of hydrogen-bond acceptors (Lipinski definition) is 10. The van der Waals surface area contributed by atoms with Crippen LogP contribution in [0.5, 0.6) is 0 Å². The van der Waals surface area contributed by atoms with Crippen molar-refractivity contribution in [3.05, 3.63) is 95.0 Å². The number of alkyl carbamates (subject to hydrolysis) is 2. The summed E-state index contributed by atoms with van der Waals surface area (Å²) in [5.74, 6) is -3.12. The number of fused-ring (bicyclic) bond motifs is 3. The number of amides is 6. The van der Waals surface area contributed by atoms with E-state index in [2.05, 4.69) is 31.4 Å². The van der Waals surface area contributed by atoms with E-state index in [-0.39, 0.29) is 51.4 Å². The molecule has 0 radical (unpaired) electrons. The van der Waals surface area contributed by atoms with Gasteiger partial charge in [0.05, 0.1) is 6.10 Å². The summed E-state index contributed by atoms with van der Waals surface area (Å²) in [6, 6.07) is 18.0. The lowest BCUT2D eigenvalue weighted by Gasteiger charge is -2.25. The molecule has 0 saturated carbocycles. The molecular formula is C43H52N8O10. The third kappa shape index (κ3) is 14.3. The van der Waals surface area contributed by atoms with Gasteiger partial charge in [-0.15, -0.1) is 0 Å². The molecule has 4 rings (SSSR count). The number of urea groups is 1. The minimum atomic E-state index is -1.21. The number of ketones is 1. The van der Waals surface area contributed by atoms with Crippen molar-refractivity contribution in [3.8, 4) is 11.1 Å². The van der Waals surface area contributed by atoms with E-state index in [0.717, 1.165) is 22.3 Å². The number of carbonyl (C=O) groups is 7. The number of nitrogens with one attached hydrogen (secondary N) is 5. The maximum atomic E-state index is 13.7. The Kier molecular flexibility index (Phi) is 17.5. The maximum Gasteiger partial charge on any atom is 0.408 e. The molecule has 7 N–H and O–H groups in total. The molecule has 0 saturated heterocycles. The molecule has 3 aromatic rings. The van der Waals surface area contributed by atoms with Crippen molar-refractivity contribution in [2.24, 2.45) is 11.7 Å². The Morgan fingerprint density at radius 2 is 1.39 bits per heavy atom. The third-order valence-corrected chi connectivity index (χ3v) is 9.57. The number of nitrogens with two attached hydrogens (primary N) is 1. The first-order valence-electron chi connectivity index (χ1n) is 19.9. The number of benzene rings is 3. The molecule has 0 heterocycles. The van der Waals surface area contributed by atoms with Crippen LogP contribution in [-0.2, 0) is 40.0 Å². The lowest BCUT2D eigenvalue weighted by atomic mass is 9.98. The highest BCUT2D eigenvalue weighted by Crippen LogP contribution is 2.44. The van der Waals surface area contributed by atoms with Crippen LogP contribution in [0.25, 0.3) is 16.7 Å². The monoisotopic (exact) mass is 840 g/mol. The van der Waals surface area contributed by atoms with Gasteiger partial charge < -0.3 is 52.1 Å². The lowest BCUT2D eigenvalue weighted by Crippen LogP contribution is -2.54. The number of carbonyl (C=O) groups excluding carboxylic acids is 7. The van der Waals surface area contributed by atoms with Crippen molar-refractivity contribution in [2.75, 3.05) is 18.5 Å². The molecule has 61 heavy (non-hydrogen) atoms. The van der Waals surface area contributed by atoms with Crippen LogP contribution in [0.1, 0.15) is 76.0 Å². The average molecular weight is 841 g/mol. The molecule has 18 heteroatoms. The quantitative estimate of drug-likeness (QED) is 0.0221. The van der Waals surface area contributed by atoms with Gasteiger partial charge in [-0.3, -0.25) is 14.4 Å². The molecule has 3 aromatic carbocycles. The largest absolute Gasteiger partial charge is 0.461 e. The molecule has 0 fully saturated rings. The van der Waals surface area contributed by atoms with Crippen LogP contribution in [0, 0.1) is 5.92 Å². The van der Waals surface area contributed by atoms with Crippen LogP contribution in [0.2, 0.25) is 0 Å². The molecule has 1 aliphatic rings. The van der Waals surface area contributed by atoms with E-state index in [0.29, 0.717) is 17.5 Å². The van der Waals surface area contributed by atoms with E-state index in [1.807, 2.05) is 48.5 Å². The molecule has 6 amide bonds. The summed E-state index contributed by atoms with van der Waals surface area (Å²) in [6.45, 7) is 6.70. The van der Waals surface area contributed by atoms with Crippen LogP contribution >= 0.6 is 0 Å². The van der Waals surface area contributed by atoms with Crippen LogP contribution < -0.4 is 32.3 Å². The number of Topliss-reactive ketones (excluding diaryl/α,β-unsaturated/α-hetero) is 1. The van der Waals surface area contributed by atoms with E-state index < -0.39 is 71.9 Å². The minimum absolute atomic E-state index is 0.0456. The van der Waals surface area contributed by atoms with E-state index in [1.165, 1.54) is 0 Å². The highest BCUT2D eigenvalue weighted by molar-refractivity contribution is 6.25. The van der Waals surface area contributed by atoms with Gasteiger partial charge in [0, 0.05) is 24.6 Å². The zero-order chi connectivity index (χ0) is 44.5. The first kappa shape index (κ1) is 46.6. The van der Waals surface area contributed by atoms with Crippen molar-refractivity contribution in [2.45, 2.75) is 90.1 Å². The Bertz CT molecular complexity index is 2060. The molecule has 0 spiro atoms. The van der Waals surface area contributed by atoms with Gasteiger partial charge in [-0.25, -0.2) is 19.2 Å². The first-order chi connectivity index (χ1) is 29.2. The average Bonchev–Trinajstić information content (AvgIpc) is 3.54. The lowest BCUT2D eigenvalue weighted by molar-refractivity contribution is -0.150. The van der Waals surface area contributed by atoms with Gasteiger partial charge >= 0.3 is 30.4 Å². The molecule has 3 atom stereocenters. The number of ether oxygens (including phenoxy) is 3. The number of esters is 1. The van der Waals surface area contributed by atoms with E-state index >= 15 is 0 Å². The second-order valence-corrected chi connectivity index (χ2v) is 14.9. The highest BCUT2D eigenvalue weighted by Gasteiger charge is 2.32. The molecule has 18 nitrogen and oxygen atoms in total. The topological polar surface area (TPSA) is 270 Å². The molecule has 1 aliphatic carbocycles. The van der Waals surface area contributed by atoms with Crippen LogP contribution in [0.3, 0.4) is 0 Å². The SMILES string of the molecule is CC(C)OC(=O)C(CCC(=O)C=[N+]=[N-])NC(=O)OCc1ccc(NC(=O)C(CCCNC(N)=O)NC(=O)C(NC(=O)OCC2c3ccccc3-c3ccccc32)C(C)C)cc1. The van der Waals surface area contributed by atoms with E-state index in [4.69, 9.17) is 25.5 Å². The summed E-state index contributed by atoms with van der Waals surface area (Å²) >= 11 is 0. The standard InChI is InChI=1S/C43H52N8O10/c1-25(2)37(51-43(58)60-24-34-32-12-7-5-10-30(32)31-11-6-8-13-33(31)34)39(54)49-35(14-9-21-46-41(44)56)38(53)48-28-17-15-27(16-18-28)23-59-42(57)50-36(40(55)61-26(3)4)20-19-29(52)22-47-45/h5-8,10-13,15-18,22,25-26,34-37H,9,14,19-21,23-24H2,1-4H3,(H,48,53)(H,49,54)(H,50,57)(H,51,58)(H3,44,46,56). The van der Waals surface area contributed by atoms with Crippen molar-refractivity contribution in [1.29, 1.82) is 0 Å². The van der Waals surface area contributed by atoms with Crippen molar-refractivity contribution in [1.82, 2.24) is 21.3 Å². The molecule has 324 valence electrons. The smallest absolute Gasteiger partial charge is 0.408 e. The zero-order valence-electron chi connectivity index (χ0n) is 34.5. The summed E-state index contributed by atoms with van der Waals surface area (Å²) in [5.41, 5.74) is 18.8. The predicted octanol–water partition coefficient (Wildman–Crippen LogP) is 4.32. The summed E-state index contributed by atoms with van der Waals surface area (Å²) < 4.78 is 16.1. The summed E-state index contributed by atoms with van der Waals surface area (Å²) in [5, 5.41) is 13.0. The summed E-state index contributed by atoms with van der Waals surface area (Å²) in [6.07, 6.45) is -1.51. The second-order valence-electron chi connectivity index (χ2n) is 14.9. The van der Waals surface area contributed by atoms with Crippen molar-refractivity contribution >= 4 is 53.7 Å². The van der Waals surface area contributed by atoms with Crippen molar-refractivity contribution in [3.63, 3.8) is 0 Å². The zero-order valence-corrected chi connectivity index (χ0v) is 34.5. The van der Waals surface area contributed by atoms with Gasteiger partial charge in [0.25, 0.3) is 0 Å². The fraction of sp³-hybridized carbons (Fsp3) is 0.395. The van der Waals surface area contributed by atoms with E-state index in [9.17, 15) is 33.6 Å². The third-order valence-electron chi connectivity index (χ3n) is 9.57. The number of anilines is 1. The Labute approximate surface area is 353 Å². The molecule has 0 aromatic heterocycles. The predicted molar refractivity (Wildman–Crippen MR) is 223 cm³/mol. The van der Waals surface area contributed by atoms with Gasteiger partial charge in [-0.1, -0.05) is 74.5 Å². The molecule has 0 bridgehead atoms. The molecule has 3 unspecified atom stereocenters. The molecule has 0 aliphatic heterocycles. The van der Waals surface area contributed by atoms with Gasteiger partial charge in [0.1, 0.15) is 31.3 Å². The van der Waals surface area contributed by atoms with Gasteiger partial charge in [0.2, 0.25) is 17.6 Å². The minimum Gasteiger partial charge on any atom is -0.461 e. The van der Waals surface area contributed by atoms with Crippen LogP contribution in [0.15, 0.2) is 72.8 Å². The number of primary amides is 1. The normalized spacial score (nSPS) is 13.0. The summed E-state index contributed by atoms with van der Waals surface area (Å²) in [7, 11) is 0. The van der Waals surface area contributed by atoms with E-state index in [1.54, 1.807) is 52.0 Å². The number of rotatable bonds is 21. The molecular weight excluding hydrogens is 789 g/mol. The Morgan fingerprint density at radius 3 is 1.98 bits per heavy atom. The van der Waals surface area contributed by atoms with Gasteiger partial charge in [0.15, 0.2) is 0 Å². The van der Waals surface area contributed by atoms with Gasteiger partial charge in [-0.05, 0) is 79.0 Å². The van der Waals surface area contributed by atoms with Crippen LogP contribution in [0.4, 0.5) is 20.1 Å². The fourth-order valence-electron chi connectivity index (χ4n) is 6.58. The highest BCUT2D eigenvalue weighted by atomic mass is 16.6. The Hall–Kier alpha value is -7.07. The Balaban J connectivity index is 1.34. The van der Waals surface area contributed by atoms with Gasteiger partial charge in [-0.2, -0.15) is 4.79 Å².